The Morgan fingerprint density at radius 2 is 2.31 bits per heavy atom. The van der Waals surface area contributed by atoms with Gasteiger partial charge in [0.05, 0.1) is 10.7 Å². The molecule has 0 aliphatic heterocycles. The van der Waals surface area contributed by atoms with Gasteiger partial charge in [-0.3, -0.25) is 4.79 Å². The van der Waals surface area contributed by atoms with Crippen LogP contribution in [0, 0.1) is 0 Å². The molecule has 82 valence electrons. The van der Waals surface area contributed by atoms with E-state index in [2.05, 4.69) is 31.0 Å². The Balaban J connectivity index is 2.09. The molecule has 16 heavy (non-hydrogen) atoms. The lowest BCUT2D eigenvalue weighted by atomic mass is 10.4. The zero-order valence-electron chi connectivity index (χ0n) is 8.35. The van der Waals surface area contributed by atoms with Gasteiger partial charge in [0.25, 0.3) is 5.56 Å². The van der Waals surface area contributed by atoms with E-state index in [1.165, 1.54) is 6.07 Å². The van der Waals surface area contributed by atoms with Crippen LogP contribution in [0.15, 0.2) is 27.7 Å². The molecule has 1 fully saturated rings. The topological polar surface area (TPSA) is 63.6 Å². The third kappa shape index (κ3) is 1.80. The van der Waals surface area contributed by atoms with E-state index in [9.17, 15) is 4.79 Å². The smallest absolute Gasteiger partial charge is 0.253 e. The lowest BCUT2D eigenvalue weighted by molar-refractivity contribution is 0.802. The Bertz CT molecular complexity index is 585. The van der Waals surface area contributed by atoms with E-state index < -0.39 is 0 Å². The van der Waals surface area contributed by atoms with Crippen LogP contribution in [0.1, 0.15) is 24.6 Å². The molecule has 1 N–H and O–H groups in total. The van der Waals surface area contributed by atoms with E-state index in [0.717, 1.165) is 23.1 Å². The minimum atomic E-state index is -0.126. The number of halogens is 1. The zero-order valence-corrected chi connectivity index (χ0v) is 9.94. The number of hydrogen-bond donors (Lipinski definition) is 1. The fraction of sp³-hybridized carbons (Fsp3) is 0.300. The predicted octanol–water partition coefficient (Wildman–Crippen LogP) is 1.60. The number of hydrogen-bond acceptors (Lipinski definition) is 3. The first kappa shape index (κ1) is 9.77. The number of H-pyrrole nitrogens is 1. The largest absolute Gasteiger partial charge is 0.310 e. The van der Waals surface area contributed by atoms with Crippen molar-refractivity contribution in [3.8, 4) is 5.82 Å². The molecule has 1 saturated carbocycles. The summed E-state index contributed by atoms with van der Waals surface area (Å²) in [6.07, 6.45) is 5.66. The van der Waals surface area contributed by atoms with E-state index in [0.29, 0.717) is 11.7 Å². The highest BCUT2D eigenvalue weighted by molar-refractivity contribution is 9.10. The molecule has 0 bridgehead atoms. The Morgan fingerprint density at radius 3 is 2.94 bits per heavy atom. The average Bonchev–Trinajstić information content (AvgIpc) is 3.01. The lowest BCUT2D eigenvalue weighted by Gasteiger charge is -2.02. The van der Waals surface area contributed by atoms with E-state index in [1.807, 2.05) is 0 Å². The van der Waals surface area contributed by atoms with Gasteiger partial charge in [0.15, 0.2) is 5.82 Å². The minimum Gasteiger partial charge on any atom is -0.310 e. The van der Waals surface area contributed by atoms with E-state index >= 15 is 0 Å². The summed E-state index contributed by atoms with van der Waals surface area (Å²) in [6.45, 7) is 0. The minimum absolute atomic E-state index is 0.126. The van der Waals surface area contributed by atoms with Gasteiger partial charge < -0.3 is 4.98 Å². The van der Waals surface area contributed by atoms with Gasteiger partial charge in [-0.15, -0.1) is 0 Å². The first-order chi connectivity index (χ1) is 7.72. The second-order valence-corrected chi connectivity index (χ2v) is 4.78. The third-order valence-electron chi connectivity index (χ3n) is 2.50. The van der Waals surface area contributed by atoms with Gasteiger partial charge in [0.2, 0.25) is 0 Å². The molecule has 0 atom stereocenters. The van der Waals surface area contributed by atoms with Gasteiger partial charge in [-0.05, 0) is 28.8 Å². The maximum atomic E-state index is 11.5. The quantitative estimate of drug-likeness (QED) is 0.909. The number of nitrogens with one attached hydrogen (secondary N) is 1. The zero-order chi connectivity index (χ0) is 11.1. The summed E-state index contributed by atoms with van der Waals surface area (Å²) in [5, 5.41) is 4.10. The van der Waals surface area contributed by atoms with Gasteiger partial charge in [-0.1, -0.05) is 0 Å². The number of aromatic amines is 1. The molecule has 1 aliphatic rings. The van der Waals surface area contributed by atoms with Crippen molar-refractivity contribution < 1.29 is 0 Å². The molecule has 2 aromatic heterocycles. The molecule has 0 aromatic carbocycles. The molecular formula is C10H9BrN4O. The molecule has 1 aliphatic carbocycles. The van der Waals surface area contributed by atoms with Gasteiger partial charge >= 0.3 is 0 Å². The number of aromatic nitrogens is 4. The molecule has 0 unspecified atom stereocenters. The number of nitrogens with zero attached hydrogens (tertiary/aromatic N) is 3. The van der Waals surface area contributed by atoms with Crippen molar-refractivity contribution in [3.05, 3.63) is 39.1 Å². The van der Waals surface area contributed by atoms with Gasteiger partial charge in [-0.2, -0.15) is 5.10 Å². The normalized spacial score (nSPS) is 15.3. The van der Waals surface area contributed by atoms with Crippen LogP contribution in [-0.4, -0.2) is 19.7 Å². The van der Waals surface area contributed by atoms with Crippen LogP contribution >= 0.6 is 15.9 Å². The fourth-order valence-electron chi connectivity index (χ4n) is 1.56. The van der Waals surface area contributed by atoms with Gasteiger partial charge in [0.1, 0.15) is 5.82 Å². The molecule has 0 saturated heterocycles. The summed E-state index contributed by atoms with van der Waals surface area (Å²) in [5.74, 6) is 1.76. The van der Waals surface area contributed by atoms with Gasteiger partial charge in [-0.25, -0.2) is 9.67 Å². The van der Waals surface area contributed by atoms with Crippen molar-refractivity contribution in [3.63, 3.8) is 0 Å². The summed E-state index contributed by atoms with van der Waals surface area (Å²) in [7, 11) is 0. The second-order valence-electron chi connectivity index (χ2n) is 3.87. The Labute approximate surface area is 99.7 Å². The SMILES string of the molecule is O=c1cc(-n2cc(Br)cn2)nc(C2CC2)[nH]1. The second kappa shape index (κ2) is 3.55. The van der Waals surface area contributed by atoms with Crippen molar-refractivity contribution in [1.29, 1.82) is 0 Å². The van der Waals surface area contributed by atoms with Crippen LogP contribution in [0.5, 0.6) is 0 Å². The maximum absolute atomic E-state index is 11.5. The molecule has 3 rings (SSSR count). The van der Waals surface area contributed by atoms with Crippen molar-refractivity contribution in [2.75, 3.05) is 0 Å². The highest BCUT2D eigenvalue weighted by Crippen LogP contribution is 2.37. The van der Waals surface area contributed by atoms with Crippen LogP contribution < -0.4 is 5.56 Å². The van der Waals surface area contributed by atoms with E-state index in [1.54, 1.807) is 17.1 Å². The monoisotopic (exact) mass is 280 g/mol. The highest BCUT2D eigenvalue weighted by atomic mass is 79.9. The summed E-state index contributed by atoms with van der Waals surface area (Å²) in [6, 6.07) is 1.45. The van der Waals surface area contributed by atoms with Crippen molar-refractivity contribution in [2.45, 2.75) is 18.8 Å². The van der Waals surface area contributed by atoms with Crippen LogP contribution in [0.3, 0.4) is 0 Å². The first-order valence-corrected chi connectivity index (χ1v) is 5.83. The van der Waals surface area contributed by atoms with E-state index in [-0.39, 0.29) is 5.56 Å². The van der Waals surface area contributed by atoms with Crippen LogP contribution in [0.25, 0.3) is 5.82 Å². The Kier molecular flexibility index (Phi) is 2.17. The fourth-order valence-corrected chi connectivity index (χ4v) is 1.84. The molecule has 5 nitrogen and oxygen atoms in total. The predicted molar refractivity (Wildman–Crippen MR) is 61.7 cm³/mol. The van der Waals surface area contributed by atoms with Crippen LogP contribution in [0.4, 0.5) is 0 Å². The summed E-state index contributed by atoms with van der Waals surface area (Å²) >= 11 is 3.31. The molecule has 0 amide bonds. The van der Waals surface area contributed by atoms with Crippen LogP contribution in [0.2, 0.25) is 0 Å². The molecular weight excluding hydrogens is 272 g/mol. The third-order valence-corrected chi connectivity index (χ3v) is 2.91. The standard InChI is InChI=1S/C10H9BrN4O/c11-7-4-12-15(5-7)8-3-9(16)14-10(13-8)6-1-2-6/h3-6H,1-2H2,(H,13,14,16). The first-order valence-electron chi connectivity index (χ1n) is 5.04. The summed E-state index contributed by atoms with van der Waals surface area (Å²) < 4.78 is 2.45. The van der Waals surface area contributed by atoms with Crippen LogP contribution in [-0.2, 0) is 0 Å². The van der Waals surface area contributed by atoms with Crippen molar-refractivity contribution >= 4 is 15.9 Å². The molecule has 2 heterocycles. The maximum Gasteiger partial charge on any atom is 0.253 e. The average molecular weight is 281 g/mol. The van der Waals surface area contributed by atoms with Crippen molar-refractivity contribution in [2.24, 2.45) is 0 Å². The summed E-state index contributed by atoms with van der Waals surface area (Å²) in [4.78, 5) is 18.6. The highest BCUT2D eigenvalue weighted by Gasteiger charge is 2.26. The Morgan fingerprint density at radius 1 is 1.50 bits per heavy atom. The molecule has 0 spiro atoms. The van der Waals surface area contributed by atoms with Crippen molar-refractivity contribution in [1.82, 2.24) is 19.7 Å². The van der Waals surface area contributed by atoms with Gasteiger partial charge in [0, 0.05) is 18.2 Å². The Hall–Kier alpha value is -1.43. The molecule has 6 heteroatoms. The lowest BCUT2D eigenvalue weighted by Crippen LogP contribution is -2.13. The molecule has 2 aromatic rings. The summed E-state index contributed by atoms with van der Waals surface area (Å²) in [5.41, 5.74) is -0.126. The van der Waals surface area contributed by atoms with E-state index in [4.69, 9.17) is 0 Å². The molecule has 0 radical (unpaired) electrons. The number of rotatable bonds is 2.